The number of hydrogen-bond acceptors (Lipinski definition) is 10. The van der Waals surface area contributed by atoms with Gasteiger partial charge in [0.2, 0.25) is 0 Å². The zero-order valence-electron chi connectivity index (χ0n) is 27.6. The molecule has 2 aromatic rings. The van der Waals surface area contributed by atoms with E-state index >= 15 is 0 Å². The monoisotopic (exact) mass is 698 g/mol. The Morgan fingerprint density at radius 3 is 1.23 bits per heavy atom. The van der Waals surface area contributed by atoms with E-state index in [4.69, 9.17) is 42.1 Å². The molecule has 0 aromatic heterocycles. The van der Waals surface area contributed by atoms with E-state index in [1.807, 2.05) is 64.1 Å². The van der Waals surface area contributed by atoms with Gasteiger partial charge in [-0.25, -0.2) is 19.2 Å². The number of hydrogen-bond donors (Lipinski definition) is 0. The van der Waals surface area contributed by atoms with E-state index in [0.29, 0.717) is 36.0 Å². The number of aryl methyl sites for hydroxylation is 2. The summed E-state index contributed by atoms with van der Waals surface area (Å²) in [5, 5.41) is 0. The molecule has 0 radical (unpaired) electrons. The molecule has 0 atom stereocenters. The summed E-state index contributed by atoms with van der Waals surface area (Å²) in [5.41, 5.74) is 4.60. The fourth-order valence-corrected chi connectivity index (χ4v) is 6.66. The summed E-state index contributed by atoms with van der Waals surface area (Å²) in [7, 11) is 0. The third kappa shape index (κ3) is 7.34. The van der Waals surface area contributed by atoms with Gasteiger partial charge in [-0.2, -0.15) is 0 Å². The van der Waals surface area contributed by atoms with Crippen LogP contribution in [0.2, 0.25) is 0 Å². The second-order valence-corrected chi connectivity index (χ2v) is 12.9. The molecule has 0 amide bonds. The number of rotatable bonds is 10. The minimum Gasteiger partial charge on any atom is -0.419 e. The van der Waals surface area contributed by atoms with Crippen molar-refractivity contribution < 1.29 is 38.1 Å². The summed E-state index contributed by atoms with van der Waals surface area (Å²) in [4.78, 5) is 56.7. The van der Waals surface area contributed by atoms with Crippen LogP contribution in [0, 0.1) is 13.8 Å². The molecular weight excluding hydrogens is 659 g/mol. The van der Waals surface area contributed by atoms with Gasteiger partial charge >= 0.3 is 23.9 Å². The van der Waals surface area contributed by atoms with Gasteiger partial charge in [-0.05, 0) is 86.4 Å². The second-order valence-electron chi connectivity index (χ2n) is 12.1. The van der Waals surface area contributed by atoms with Gasteiger partial charge in [-0.1, -0.05) is 12.1 Å². The summed E-state index contributed by atoms with van der Waals surface area (Å²) >= 11 is 11.9. The van der Waals surface area contributed by atoms with Crippen molar-refractivity contribution >= 4 is 70.6 Å². The number of carbonyl (C=O) groups excluding carboxylic acids is 4. The van der Waals surface area contributed by atoms with Crippen molar-refractivity contribution in [3.05, 3.63) is 69.8 Å². The Morgan fingerprint density at radius 1 is 0.625 bits per heavy atom. The Balaban J connectivity index is 1.24. The van der Waals surface area contributed by atoms with Crippen molar-refractivity contribution in [3.8, 4) is 0 Å². The van der Waals surface area contributed by atoms with Gasteiger partial charge < -0.3 is 28.7 Å². The van der Waals surface area contributed by atoms with Crippen LogP contribution in [0.4, 0.5) is 11.4 Å². The molecular formula is C36H40Cl2N2O8. The van der Waals surface area contributed by atoms with Crippen LogP contribution >= 0.6 is 23.2 Å². The topological polar surface area (TPSA) is 112 Å². The number of nitrogens with zero attached hydrogens (tertiary/aromatic N) is 2. The van der Waals surface area contributed by atoms with E-state index in [0.717, 1.165) is 35.6 Å². The van der Waals surface area contributed by atoms with E-state index < -0.39 is 35.5 Å². The first-order valence-electron chi connectivity index (χ1n) is 16.2. The van der Waals surface area contributed by atoms with Crippen LogP contribution in [0.1, 0.15) is 61.8 Å². The lowest BCUT2D eigenvalue weighted by Gasteiger charge is -2.46. The highest BCUT2D eigenvalue weighted by Gasteiger charge is 2.56. The second kappa shape index (κ2) is 14.6. The highest BCUT2D eigenvalue weighted by molar-refractivity contribution is 6.20. The standard InChI is InChI=1S/C36H40Cl2N2O8/c1-5-39(17-15-37)27-9-7-25(23(3)19-27)21-29-31(41)45-35(46-32(29)42)11-13-36(14-12-35)47-33(43)30(34(44)48-36)22-26-8-10-28(20-24(26)4)40(6-2)18-16-38/h7-10,19-22H,5-6,11-18H2,1-4H3. The Morgan fingerprint density at radius 2 is 0.958 bits per heavy atom. The number of esters is 4. The maximum atomic E-state index is 13.1. The minimum atomic E-state index is -1.55. The SMILES string of the molecule is CCN(CCCl)c1ccc(C=C2C(=O)OC3(CCC4(CC3)OC(=O)C(=Cc3ccc(N(CC)CCCl)cc3C)C(=O)O4)OC2=O)c(C)c1. The van der Waals surface area contributed by atoms with Gasteiger partial charge in [0.25, 0.3) is 11.6 Å². The van der Waals surface area contributed by atoms with Gasteiger partial charge in [0.15, 0.2) is 0 Å². The fourth-order valence-electron chi connectivity index (χ4n) is 6.25. The Bertz CT molecular complexity index is 1500. The molecule has 0 unspecified atom stereocenters. The lowest BCUT2D eigenvalue weighted by Crippen LogP contribution is -2.56. The number of ether oxygens (including phenoxy) is 4. The zero-order chi connectivity index (χ0) is 34.6. The fraction of sp³-hybridized carbons (Fsp3) is 0.444. The molecule has 1 aliphatic carbocycles. The molecule has 0 N–H and O–H groups in total. The van der Waals surface area contributed by atoms with Crippen LogP contribution in [0.25, 0.3) is 12.2 Å². The summed E-state index contributed by atoms with van der Waals surface area (Å²) in [6.07, 6.45) is 2.86. The van der Waals surface area contributed by atoms with E-state index in [1.54, 1.807) is 0 Å². The number of carbonyl (C=O) groups is 4. The van der Waals surface area contributed by atoms with Crippen molar-refractivity contribution in [2.45, 2.75) is 65.0 Å². The van der Waals surface area contributed by atoms with E-state index in [9.17, 15) is 19.2 Å². The van der Waals surface area contributed by atoms with Crippen LogP contribution in [0.5, 0.6) is 0 Å². The molecule has 2 aliphatic heterocycles. The maximum absolute atomic E-state index is 13.1. The van der Waals surface area contributed by atoms with Gasteiger partial charge in [0.1, 0.15) is 11.1 Å². The molecule has 12 heteroatoms. The van der Waals surface area contributed by atoms with Gasteiger partial charge in [0.05, 0.1) is 0 Å². The lowest BCUT2D eigenvalue weighted by atomic mass is 9.87. The first kappa shape index (κ1) is 35.3. The molecule has 2 aromatic carbocycles. The molecule has 48 heavy (non-hydrogen) atoms. The first-order valence-corrected chi connectivity index (χ1v) is 17.2. The van der Waals surface area contributed by atoms with Crippen LogP contribution < -0.4 is 9.80 Å². The van der Waals surface area contributed by atoms with Crippen molar-refractivity contribution in [1.82, 2.24) is 0 Å². The number of anilines is 2. The number of benzene rings is 2. The minimum absolute atomic E-state index is 0.0185. The molecule has 5 rings (SSSR count). The molecule has 10 nitrogen and oxygen atoms in total. The molecule has 2 saturated heterocycles. The van der Waals surface area contributed by atoms with Gasteiger partial charge in [0, 0.05) is 75.0 Å². The molecule has 3 fully saturated rings. The average Bonchev–Trinajstić information content (AvgIpc) is 3.05. The predicted molar refractivity (Wildman–Crippen MR) is 184 cm³/mol. The van der Waals surface area contributed by atoms with Crippen LogP contribution in [-0.4, -0.2) is 73.4 Å². The van der Waals surface area contributed by atoms with E-state index in [-0.39, 0.29) is 36.8 Å². The van der Waals surface area contributed by atoms with Crippen molar-refractivity contribution in [2.75, 3.05) is 47.7 Å². The predicted octanol–water partition coefficient (Wildman–Crippen LogP) is 6.07. The smallest absolute Gasteiger partial charge is 0.348 e. The number of halogens is 2. The van der Waals surface area contributed by atoms with E-state index in [2.05, 4.69) is 9.80 Å². The first-order chi connectivity index (χ1) is 23.0. The van der Waals surface area contributed by atoms with Crippen molar-refractivity contribution in [2.24, 2.45) is 0 Å². The van der Waals surface area contributed by atoms with Gasteiger partial charge in [-0.15, -0.1) is 23.2 Å². The number of alkyl halides is 2. The highest BCUT2D eigenvalue weighted by Crippen LogP contribution is 2.45. The van der Waals surface area contributed by atoms with E-state index in [1.165, 1.54) is 12.2 Å². The lowest BCUT2D eigenvalue weighted by molar-refractivity contribution is -0.291. The normalized spacial score (nSPS) is 22.2. The summed E-state index contributed by atoms with van der Waals surface area (Å²) < 4.78 is 22.8. The van der Waals surface area contributed by atoms with Crippen molar-refractivity contribution in [1.29, 1.82) is 0 Å². The van der Waals surface area contributed by atoms with Gasteiger partial charge in [-0.3, -0.25) is 0 Å². The maximum Gasteiger partial charge on any atom is 0.348 e. The Hall–Kier alpha value is -4.02. The van der Waals surface area contributed by atoms with Crippen LogP contribution in [-0.2, 0) is 38.1 Å². The quantitative estimate of drug-likeness (QED) is 0.126. The molecule has 2 spiro atoms. The molecule has 3 aliphatic rings. The third-order valence-electron chi connectivity index (χ3n) is 9.08. The molecule has 1 saturated carbocycles. The molecule has 0 bridgehead atoms. The summed E-state index contributed by atoms with van der Waals surface area (Å²) in [5.74, 6) is -5.36. The summed E-state index contributed by atoms with van der Waals surface area (Å²) in [6, 6.07) is 11.4. The summed E-state index contributed by atoms with van der Waals surface area (Å²) in [6.45, 7) is 10.8. The highest BCUT2D eigenvalue weighted by atomic mass is 35.5. The van der Waals surface area contributed by atoms with Crippen molar-refractivity contribution in [3.63, 3.8) is 0 Å². The van der Waals surface area contributed by atoms with Crippen LogP contribution in [0.15, 0.2) is 47.5 Å². The molecule has 2 heterocycles. The Kier molecular flexibility index (Phi) is 10.7. The third-order valence-corrected chi connectivity index (χ3v) is 9.42. The average molecular weight is 700 g/mol. The largest absolute Gasteiger partial charge is 0.419 e. The Labute approximate surface area is 290 Å². The molecule has 256 valence electrons. The van der Waals surface area contributed by atoms with Crippen LogP contribution in [0.3, 0.4) is 0 Å². The zero-order valence-corrected chi connectivity index (χ0v) is 29.1.